The summed E-state index contributed by atoms with van der Waals surface area (Å²) in [6.45, 7) is 1.64. The first kappa shape index (κ1) is 17.2. The van der Waals surface area contributed by atoms with Gasteiger partial charge in [0.2, 0.25) is 10.0 Å². The number of hydrogen-bond acceptors (Lipinski definition) is 2. The lowest BCUT2D eigenvalue weighted by Crippen LogP contribution is -2.83. The predicted octanol–water partition coefficient (Wildman–Crippen LogP) is 1.95. The van der Waals surface area contributed by atoms with Gasteiger partial charge in [0, 0.05) is 17.0 Å². The molecule has 0 amide bonds. The first-order valence-electron chi connectivity index (χ1n) is 6.73. The molecule has 0 heterocycles. The van der Waals surface area contributed by atoms with E-state index in [4.69, 9.17) is 28.3 Å². The smallest absolute Gasteiger partial charge is 0.238 e. The quantitative estimate of drug-likeness (QED) is 0.773. The fourth-order valence-corrected chi connectivity index (χ4v) is 3.06. The summed E-state index contributed by atoms with van der Waals surface area (Å²) in [4.78, 5) is 0.133. The molecule has 0 spiro atoms. The Kier molecular flexibility index (Phi) is 5.83. The average Bonchev–Trinajstić information content (AvgIpc) is 2.45. The van der Waals surface area contributed by atoms with Gasteiger partial charge in [0.25, 0.3) is 0 Å². The highest BCUT2D eigenvalue weighted by Gasteiger charge is 2.07. The van der Waals surface area contributed by atoms with Crippen molar-refractivity contribution in [1.82, 2.24) is 0 Å². The largest absolute Gasteiger partial charge is 0.342 e. The lowest BCUT2D eigenvalue weighted by atomic mass is 10.1. The minimum Gasteiger partial charge on any atom is -0.342 e. The number of sulfonamides is 1. The van der Waals surface area contributed by atoms with Crippen LogP contribution in [0, 0.1) is 0 Å². The molecular formula is C15H17Cl2N2O2S+. The van der Waals surface area contributed by atoms with E-state index in [0.29, 0.717) is 10.0 Å². The molecule has 0 radical (unpaired) electrons. The molecule has 7 heteroatoms. The molecule has 0 aliphatic carbocycles. The summed E-state index contributed by atoms with van der Waals surface area (Å²) in [5.74, 6) is 0. The molecule has 0 aliphatic rings. The van der Waals surface area contributed by atoms with Gasteiger partial charge in [-0.1, -0.05) is 41.4 Å². The van der Waals surface area contributed by atoms with Gasteiger partial charge in [-0.25, -0.2) is 13.6 Å². The van der Waals surface area contributed by atoms with Crippen LogP contribution in [0.4, 0.5) is 0 Å². The number of benzene rings is 2. The fraction of sp³-hybridized carbons (Fsp3) is 0.200. The molecule has 0 saturated heterocycles. The third kappa shape index (κ3) is 4.97. The number of halogens is 2. The lowest BCUT2D eigenvalue weighted by molar-refractivity contribution is -0.670. The number of rotatable bonds is 6. The fourth-order valence-electron chi connectivity index (χ4n) is 2.06. The van der Waals surface area contributed by atoms with Gasteiger partial charge >= 0.3 is 0 Å². The highest BCUT2D eigenvalue weighted by molar-refractivity contribution is 7.89. The van der Waals surface area contributed by atoms with Crippen LogP contribution in [0.2, 0.25) is 10.0 Å². The van der Waals surface area contributed by atoms with Crippen molar-refractivity contribution in [3.63, 3.8) is 0 Å². The molecule has 4 nitrogen and oxygen atoms in total. The molecule has 118 valence electrons. The Morgan fingerprint density at radius 1 is 1.05 bits per heavy atom. The second-order valence-corrected chi connectivity index (χ2v) is 7.36. The number of primary sulfonamides is 1. The third-order valence-electron chi connectivity index (χ3n) is 3.27. The molecule has 0 saturated carbocycles. The van der Waals surface area contributed by atoms with E-state index in [9.17, 15) is 8.42 Å². The Hall–Kier alpha value is -1.11. The number of nitrogens with two attached hydrogens (primary N) is 2. The maximum absolute atomic E-state index is 11.2. The first-order valence-corrected chi connectivity index (χ1v) is 9.04. The van der Waals surface area contributed by atoms with Crippen molar-refractivity contribution in [3.8, 4) is 0 Å². The van der Waals surface area contributed by atoms with Crippen LogP contribution in [0.15, 0.2) is 47.4 Å². The molecule has 4 N–H and O–H groups in total. The summed E-state index contributed by atoms with van der Waals surface area (Å²) in [6.07, 6.45) is 0.829. The summed E-state index contributed by atoms with van der Waals surface area (Å²) in [5, 5.41) is 8.50. The van der Waals surface area contributed by atoms with Crippen LogP contribution >= 0.6 is 23.2 Å². The molecule has 0 bridgehead atoms. The van der Waals surface area contributed by atoms with Gasteiger partial charge in [0.15, 0.2) is 0 Å². The molecule has 0 unspecified atom stereocenters. The molecule has 2 aromatic carbocycles. The summed E-state index contributed by atoms with van der Waals surface area (Å²) in [5.41, 5.74) is 2.10. The normalized spacial score (nSPS) is 11.6. The van der Waals surface area contributed by atoms with Crippen molar-refractivity contribution < 1.29 is 13.7 Å². The molecule has 0 aliphatic heterocycles. The van der Waals surface area contributed by atoms with Crippen molar-refractivity contribution in [1.29, 1.82) is 0 Å². The van der Waals surface area contributed by atoms with Gasteiger partial charge in [-0.2, -0.15) is 0 Å². The van der Waals surface area contributed by atoms with Gasteiger partial charge in [-0.3, -0.25) is 0 Å². The zero-order chi connectivity index (χ0) is 16.2. The van der Waals surface area contributed by atoms with Crippen molar-refractivity contribution in [2.24, 2.45) is 5.14 Å². The van der Waals surface area contributed by atoms with Gasteiger partial charge < -0.3 is 5.32 Å². The number of hydrogen-bond donors (Lipinski definition) is 2. The minimum atomic E-state index is -3.62. The Labute approximate surface area is 140 Å². The summed E-state index contributed by atoms with van der Waals surface area (Å²) >= 11 is 12.0. The minimum absolute atomic E-state index is 0.133. The summed E-state index contributed by atoms with van der Waals surface area (Å²) < 4.78 is 22.3. The Bertz CT molecular complexity index is 747. The zero-order valence-corrected chi connectivity index (χ0v) is 14.1. The van der Waals surface area contributed by atoms with Crippen LogP contribution in [0.1, 0.15) is 11.1 Å². The standard InChI is InChI=1S/C15H16Cl2N2O2S/c16-13-4-3-12(15(17)9-13)10-19-8-7-11-1-5-14(6-2-11)22(18,20)21/h1-6,9,19H,7-8,10H2,(H2,18,20,21)/p+1. The van der Waals surface area contributed by atoms with Crippen molar-refractivity contribution in [2.75, 3.05) is 6.54 Å². The van der Waals surface area contributed by atoms with Crippen molar-refractivity contribution in [2.45, 2.75) is 17.9 Å². The van der Waals surface area contributed by atoms with E-state index >= 15 is 0 Å². The van der Waals surface area contributed by atoms with Gasteiger partial charge in [0.1, 0.15) is 6.54 Å². The van der Waals surface area contributed by atoms with Crippen LogP contribution in [0.3, 0.4) is 0 Å². The molecule has 2 rings (SSSR count). The van der Waals surface area contributed by atoms with E-state index in [1.54, 1.807) is 18.2 Å². The maximum Gasteiger partial charge on any atom is 0.238 e. The Balaban J connectivity index is 1.84. The molecule has 0 atom stereocenters. The average molecular weight is 360 g/mol. The molecular weight excluding hydrogens is 343 g/mol. The monoisotopic (exact) mass is 359 g/mol. The summed E-state index contributed by atoms with van der Waals surface area (Å²) in [6, 6.07) is 12.1. The predicted molar refractivity (Wildman–Crippen MR) is 88.5 cm³/mol. The summed E-state index contributed by atoms with van der Waals surface area (Å²) in [7, 11) is -3.62. The highest BCUT2D eigenvalue weighted by atomic mass is 35.5. The zero-order valence-electron chi connectivity index (χ0n) is 11.8. The van der Waals surface area contributed by atoms with Crippen LogP contribution in [0.25, 0.3) is 0 Å². The van der Waals surface area contributed by atoms with Gasteiger partial charge in [0.05, 0.1) is 16.5 Å². The van der Waals surface area contributed by atoms with Gasteiger partial charge in [-0.15, -0.1) is 0 Å². The third-order valence-corrected chi connectivity index (χ3v) is 4.78. The second-order valence-electron chi connectivity index (χ2n) is 4.96. The van der Waals surface area contributed by atoms with E-state index in [2.05, 4.69) is 5.32 Å². The molecule has 2 aromatic rings. The highest BCUT2D eigenvalue weighted by Crippen LogP contribution is 2.19. The van der Waals surface area contributed by atoms with E-state index in [1.807, 2.05) is 12.1 Å². The van der Waals surface area contributed by atoms with E-state index < -0.39 is 10.0 Å². The van der Waals surface area contributed by atoms with Crippen molar-refractivity contribution in [3.05, 3.63) is 63.6 Å². The molecule has 22 heavy (non-hydrogen) atoms. The molecule has 0 fully saturated rings. The van der Waals surface area contributed by atoms with E-state index in [-0.39, 0.29) is 4.90 Å². The van der Waals surface area contributed by atoms with Crippen molar-refractivity contribution >= 4 is 33.2 Å². The Morgan fingerprint density at radius 2 is 1.73 bits per heavy atom. The molecule has 0 aromatic heterocycles. The van der Waals surface area contributed by atoms with Crippen LogP contribution in [-0.2, 0) is 23.0 Å². The number of quaternary nitrogens is 1. The van der Waals surface area contributed by atoms with Crippen LogP contribution < -0.4 is 10.5 Å². The van der Waals surface area contributed by atoms with Crippen LogP contribution in [-0.4, -0.2) is 15.0 Å². The maximum atomic E-state index is 11.2. The topological polar surface area (TPSA) is 76.8 Å². The first-order chi connectivity index (χ1) is 10.4. The lowest BCUT2D eigenvalue weighted by Gasteiger charge is -2.05. The second kappa shape index (κ2) is 7.44. The SMILES string of the molecule is NS(=O)(=O)c1ccc(CC[NH2+]Cc2ccc(Cl)cc2Cl)cc1. The Morgan fingerprint density at radius 3 is 2.32 bits per heavy atom. The van der Waals surface area contributed by atoms with E-state index in [0.717, 1.165) is 30.6 Å². The van der Waals surface area contributed by atoms with Gasteiger partial charge in [-0.05, 0) is 29.8 Å². The van der Waals surface area contributed by atoms with Crippen LogP contribution in [0.5, 0.6) is 0 Å². The van der Waals surface area contributed by atoms with E-state index in [1.165, 1.54) is 12.1 Å².